The fourth-order valence-corrected chi connectivity index (χ4v) is 2.05. The molecule has 0 bridgehead atoms. The van der Waals surface area contributed by atoms with Gasteiger partial charge in [-0.15, -0.1) is 0 Å². The van der Waals surface area contributed by atoms with Gasteiger partial charge in [0.15, 0.2) is 11.5 Å². The van der Waals surface area contributed by atoms with Crippen LogP contribution in [-0.4, -0.2) is 28.3 Å². The van der Waals surface area contributed by atoms with Crippen LogP contribution in [0, 0.1) is 0 Å². The SMILES string of the molecule is C=C(O)C(=O)OC(CC)Oc1ccc(C(=O)c2ccccc2)c(O)c1. The average molecular weight is 342 g/mol. The molecule has 1 unspecified atom stereocenters. The number of carbonyl (C=O) groups is 2. The van der Waals surface area contributed by atoms with Crippen LogP contribution in [0.2, 0.25) is 0 Å². The minimum atomic E-state index is -0.994. The van der Waals surface area contributed by atoms with E-state index < -0.39 is 18.0 Å². The zero-order chi connectivity index (χ0) is 18.4. The van der Waals surface area contributed by atoms with Gasteiger partial charge in [-0.3, -0.25) is 4.79 Å². The Hall–Kier alpha value is -3.28. The van der Waals surface area contributed by atoms with Gasteiger partial charge >= 0.3 is 5.97 Å². The van der Waals surface area contributed by atoms with Gasteiger partial charge < -0.3 is 19.7 Å². The third kappa shape index (κ3) is 4.60. The highest BCUT2D eigenvalue weighted by Crippen LogP contribution is 2.27. The van der Waals surface area contributed by atoms with E-state index in [1.165, 1.54) is 18.2 Å². The number of phenolic OH excluding ortho intramolecular Hbond substituents is 1. The van der Waals surface area contributed by atoms with Crippen molar-refractivity contribution < 1.29 is 29.3 Å². The van der Waals surface area contributed by atoms with Crippen molar-refractivity contribution in [1.29, 1.82) is 0 Å². The summed E-state index contributed by atoms with van der Waals surface area (Å²) >= 11 is 0. The van der Waals surface area contributed by atoms with E-state index >= 15 is 0 Å². The number of esters is 1. The van der Waals surface area contributed by atoms with Gasteiger partial charge in [0.25, 0.3) is 0 Å². The van der Waals surface area contributed by atoms with E-state index in [1.54, 1.807) is 37.3 Å². The van der Waals surface area contributed by atoms with Crippen LogP contribution < -0.4 is 4.74 Å². The van der Waals surface area contributed by atoms with Crippen LogP contribution in [0.15, 0.2) is 60.9 Å². The second-order valence-corrected chi connectivity index (χ2v) is 5.18. The van der Waals surface area contributed by atoms with Crippen LogP contribution in [-0.2, 0) is 9.53 Å². The van der Waals surface area contributed by atoms with Crippen molar-refractivity contribution in [3.05, 3.63) is 72.0 Å². The highest BCUT2D eigenvalue weighted by molar-refractivity contribution is 6.10. The molecule has 2 N–H and O–H groups in total. The number of hydrogen-bond donors (Lipinski definition) is 2. The molecule has 0 aliphatic carbocycles. The van der Waals surface area contributed by atoms with E-state index in [2.05, 4.69) is 6.58 Å². The smallest absolute Gasteiger partial charge is 0.375 e. The summed E-state index contributed by atoms with van der Waals surface area (Å²) in [5.74, 6) is -2.08. The number of rotatable bonds is 7. The van der Waals surface area contributed by atoms with Crippen molar-refractivity contribution in [2.75, 3.05) is 0 Å². The quantitative estimate of drug-likeness (QED) is 0.263. The number of aliphatic hydroxyl groups is 1. The van der Waals surface area contributed by atoms with Crippen LogP contribution in [0.25, 0.3) is 0 Å². The minimum Gasteiger partial charge on any atom is -0.507 e. The maximum atomic E-state index is 12.4. The number of ketones is 1. The van der Waals surface area contributed by atoms with Gasteiger partial charge in [0.1, 0.15) is 11.5 Å². The van der Waals surface area contributed by atoms with Gasteiger partial charge in [0.05, 0.1) is 5.56 Å². The number of aromatic hydroxyl groups is 1. The molecule has 0 aromatic heterocycles. The average Bonchev–Trinajstić information content (AvgIpc) is 2.61. The topological polar surface area (TPSA) is 93.1 Å². The van der Waals surface area contributed by atoms with Crippen LogP contribution in [0.4, 0.5) is 0 Å². The summed E-state index contributed by atoms with van der Waals surface area (Å²) in [7, 11) is 0. The lowest BCUT2D eigenvalue weighted by Crippen LogP contribution is -2.24. The first-order chi connectivity index (χ1) is 11.9. The molecule has 25 heavy (non-hydrogen) atoms. The molecule has 6 heteroatoms. The maximum absolute atomic E-state index is 12.4. The largest absolute Gasteiger partial charge is 0.507 e. The Labute approximate surface area is 144 Å². The summed E-state index contributed by atoms with van der Waals surface area (Å²) in [5.41, 5.74) is 0.584. The number of carbonyl (C=O) groups excluding carboxylic acids is 2. The Kier molecular flexibility index (Phi) is 5.79. The zero-order valence-corrected chi connectivity index (χ0v) is 13.6. The molecule has 0 heterocycles. The number of ether oxygens (including phenoxy) is 2. The molecule has 1 atom stereocenters. The van der Waals surface area contributed by atoms with Gasteiger partial charge in [-0.1, -0.05) is 37.3 Å². The van der Waals surface area contributed by atoms with E-state index in [0.717, 1.165) is 0 Å². The molecule has 0 spiro atoms. The van der Waals surface area contributed by atoms with Crippen molar-refractivity contribution >= 4 is 11.8 Å². The predicted molar refractivity (Wildman–Crippen MR) is 90.5 cm³/mol. The Balaban J connectivity index is 2.14. The molecule has 0 aliphatic rings. The fraction of sp³-hybridized carbons (Fsp3) is 0.158. The fourth-order valence-electron chi connectivity index (χ4n) is 2.05. The molecule has 0 radical (unpaired) electrons. The van der Waals surface area contributed by atoms with Crippen LogP contribution in [0.1, 0.15) is 29.3 Å². The van der Waals surface area contributed by atoms with E-state index in [-0.39, 0.29) is 22.8 Å². The summed E-state index contributed by atoms with van der Waals surface area (Å²) in [6.07, 6.45) is -0.656. The summed E-state index contributed by atoms with van der Waals surface area (Å²) in [5, 5.41) is 19.1. The lowest BCUT2D eigenvalue weighted by atomic mass is 10.0. The molecule has 0 saturated carbocycles. The monoisotopic (exact) mass is 342 g/mol. The van der Waals surface area contributed by atoms with E-state index in [1.807, 2.05) is 0 Å². The first-order valence-electron chi connectivity index (χ1n) is 7.60. The zero-order valence-electron chi connectivity index (χ0n) is 13.6. The molecule has 0 saturated heterocycles. The molecule has 2 aromatic rings. The van der Waals surface area contributed by atoms with Gasteiger partial charge in [-0.25, -0.2) is 4.79 Å². The molecule has 130 valence electrons. The number of hydrogen-bond acceptors (Lipinski definition) is 6. The first-order valence-corrected chi connectivity index (χ1v) is 7.60. The van der Waals surface area contributed by atoms with Gasteiger partial charge in [-0.05, 0) is 18.7 Å². The van der Waals surface area contributed by atoms with Crippen LogP contribution >= 0.6 is 0 Å². The molecular weight excluding hydrogens is 324 g/mol. The number of phenols is 1. The second kappa shape index (κ2) is 8.01. The number of aliphatic hydroxyl groups excluding tert-OH is 1. The molecule has 0 amide bonds. The maximum Gasteiger partial charge on any atom is 0.375 e. The lowest BCUT2D eigenvalue weighted by molar-refractivity contribution is -0.162. The van der Waals surface area contributed by atoms with Crippen molar-refractivity contribution in [1.82, 2.24) is 0 Å². The third-order valence-electron chi connectivity index (χ3n) is 3.32. The van der Waals surface area contributed by atoms with Crippen LogP contribution in [0.5, 0.6) is 11.5 Å². The summed E-state index contributed by atoms with van der Waals surface area (Å²) < 4.78 is 10.3. The van der Waals surface area contributed by atoms with E-state index in [4.69, 9.17) is 14.6 Å². The minimum absolute atomic E-state index is 0.132. The molecule has 2 rings (SSSR count). The van der Waals surface area contributed by atoms with Gasteiger partial charge in [-0.2, -0.15) is 0 Å². The summed E-state index contributed by atoms with van der Waals surface area (Å²) in [6.45, 7) is 4.78. The second-order valence-electron chi connectivity index (χ2n) is 5.18. The summed E-state index contributed by atoms with van der Waals surface area (Å²) in [6, 6.07) is 12.7. The van der Waals surface area contributed by atoms with E-state index in [9.17, 15) is 14.7 Å². The standard InChI is InChI=1S/C19H18O6/c1-3-17(25-19(23)12(2)20)24-14-9-10-15(16(21)11-14)18(22)13-7-5-4-6-8-13/h4-11,17,20-21H,2-3H2,1H3. The molecule has 0 fully saturated rings. The Morgan fingerprint density at radius 3 is 2.40 bits per heavy atom. The van der Waals surface area contributed by atoms with Gasteiger partial charge in [0.2, 0.25) is 6.29 Å². The highest BCUT2D eigenvalue weighted by atomic mass is 16.7. The lowest BCUT2D eigenvalue weighted by Gasteiger charge is -2.18. The first kappa shape index (κ1) is 18.1. The highest BCUT2D eigenvalue weighted by Gasteiger charge is 2.18. The van der Waals surface area contributed by atoms with Crippen LogP contribution in [0.3, 0.4) is 0 Å². The Morgan fingerprint density at radius 2 is 1.84 bits per heavy atom. The van der Waals surface area contributed by atoms with Crippen molar-refractivity contribution in [3.8, 4) is 11.5 Å². The van der Waals surface area contributed by atoms with Gasteiger partial charge in [0, 0.05) is 18.1 Å². The molecule has 6 nitrogen and oxygen atoms in total. The third-order valence-corrected chi connectivity index (χ3v) is 3.32. The van der Waals surface area contributed by atoms with Crippen molar-refractivity contribution in [3.63, 3.8) is 0 Å². The van der Waals surface area contributed by atoms with Crippen molar-refractivity contribution in [2.24, 2.45) is 0 Å². The summed E-state index contributed by atoms with van der Waals surface area (Å²) in [4.78, 5) is 23.7. The Morgan fingerprint density at radius 1 is 1.16 bits per heavy atom. The van der Waals surface area contributed by atoms with Crippen molar-refractivity contribution in [2.45, 2.75) is 19.6 Å². The molecular formula is C19H18O6. The number of benzene rings is 2. The normalized spacial score (nSPS) is 11.4. The predicted octanol–water partition coefficient (Wildman–Crippen LogP) is 3.35. The molecule has 2 aromatic carbocycles. The Bertz CT molecular complexity index is 782. The molecule has 0 aliphatic heterocycles. The van der Waals surface area contributed by atoms with E-state index in [0.29, 0.717) is 12.0 Å².